The Morgan fingerprint density at radius 2 is 1.86 bits per heavy atom. The number of rotatable bonds is 4. The summed E-state index contributed by atoms with van der Waals surface area (Å²) in [6, 6.07) is 7.70. The van der Waals surface area contributed by atoms with E-state index in [1.165, 1.54) is 25.7 Å². The van der Waals surface area contributed by atoms with Crippen molar-refractivity contribution in [2.24, 2.45) is 0 Å². The Morgan fingerprint density at radius 1 is 1.10 bits per heavy atom. The van der Waals surface area contributed by atoms with Crippen molar-refractivity contribution in [1.29, 1.82) is 0 Å². The van der Waals surface area contributed by atoms with Crippen molar-refractivity contribution in [2.45, 2.75) is 32.2 Å². The minimum absolute atomic E-state index is 0.525. The summed E-state index contributed by atoms with van der Waals surface area (Å²) in [5.41, 5.74) is 0.842. The van der Waals surface area contributed by atoms with Gasteiger partial charge in [-0.3, -0.25) is 4.90 Å². The lowest BCUT2D eigenvalue weighted by Crippen LogP contribution is -2.24. The molecule has 5 nitrogen and oxygen atoms in total. The molecule has 1 aliphatic rings. The molecule has 2 heterocycles. The average Bonchev–Trinajstić information content (AvgIpc) is 2.83. The molecule has 1 aliphatic heterocycles. The first-order chi connectivity index (χ1) is 10.4. The first kappa shape index (κ1) is 14.1. The summed E-state index contributed by atoms with van der Waals surface area (Å²) in [6.07, 6.45) is 5.17. The molecule has 112 valence electrons. The molecule has 0 radical (unpaired) electrons. The van der Waals surface area contributed by atoms with E-state index >= 15 is 0 Å². The number of para-hydroxylation sites is 1. The van der Waals surface area contributed by atoms with Crippen molar-refractivity contribution in [3.05, 3.63) is 30.2 Å². The fourth-order valence-electron chi connectivity index (χ4n) is 2.73. The zero-order valence-electron chi connectivity index (χ0n) is 12.4. The summed E-state index contributed by atoms with van der Waals surface area (Å²) in [6.45, 7) is 2.97. The van der Waals surface area contributed by atoms with E-state index in [2.05, 4.69) is 15.1 Å². The Morgan fingerprint density at radius 3 is 2.62 bits per heavy atom. The molecule has 2 aromatic rings. The third kappa shape index (κ3) is 3.42. The fourth-order valence-corrected chi connectivity index (χ4v) is 2.73. The van der Waals surface area contributed by atoms with Gasteiger partial charge in [-0.25, -0.2) is 0 Å². The maximum absolute atomic E-state index is 5.81. The number of nitrogens with zero attached hydrogens (tertiary/aromatic N) is 3. The number of ether oxygens (including phenoxy) is 1. The van der Waals surface area contributed by atoms with Crippen LogP contribution in [0.4, 0.5) is 0 Å². The predicted molar refractivity (Wildman–Crippen MR) is 80.0 cm³/mol. The molecule has 0 spiro atoms. The summed E-state index contributed by atoms with van der Waals surface area (Å²) in [5, 5.41) is 8.34. The minimum atomic E-state index is 0.525. The molecule has 1 aromatic heterocycles. The molecule has 0 bridgehead atoms. The normalized spacial score (nSPS) is 16.6. The lowest BCUT2D eigenvalue weighted by atomic mass is 10.2. The highest BCUT2D eigenvalue weighted by Crippen LogP contribution is 2.28. The van der Waals surface area contributed by atoms with Crippen molar-refractivity contribution in [1.82, 2.24) is 15.1 Å². The van der Waals surface area contributed by atoms with Gasteiger partial charge in [0.2, 0.25) is 5.89 Å². The van der Waals surface area contributed by atoms with Crippen molar-refractivity contribution in [3.63, 3.8) is 0 Å². The van der Waals surface area contributed by atoms with E-state index in [0.29, 0.717) is 11.8 Å². The molecule has 21 heavy (non-hydrogen) atoms. The fraction of sp³-hybridized carbons (Fsp3) is 0.500. The second-order valence-electron chi connectivity index (χ2n) is 5.39. The number of hydrogen-bond donors (Lipinski definition) is 0. The highest BCUT2D eigenvalue weighted by atomic mass is 16.5. The Bertz CT molecular complexity index is 574. The first-order valence-corrected chi connectivity index (χ1v) is 7.55. The quantitative estimate of drug-likeness (QED) is 0.864. The summed E-state index contributed by atoms with van der Waals surface area (Å²) >= 11 is 0. The third-order valence-corrected chi connectivity index (χ3v) is 3.86. The van der Waals surface area contributed by atoms with Crippen molar-refractivity contribution >= 4 is 0 Å². The van der Waals surface area contributed by atoms with Crippen LogP contribution < -0.4 is 4.74 Å². The predicted octanol–water partition coefficient (Wildman–Crippen LogP) is 3.12. The SMILES string of the molecule is COc1ccccc1-c1nnc(CN2CCCCCC2)o1. The van der Waals surface area contributed by atoms with Gasteiger partial charge in [0, 0.05) is 0 Å². The molecule has 0 aliphatic carbocycles. The Labute approximate surface area is 124 Å². The van der Waals surface area contributed by atoms with Crippen LogP contribution in [0.3, 0.4) is 0 Å². The standard InChI is InChI=1S/C16H21N3O2/c1-20-14-9-5-4-8-13(14)16-18-17-15(21-16)12-19-10-6-2-3-7-11-19/h4-5,8-9H,2-3,6-7,10-12H2,1H3. The Kier molecular flexibility index (Phi) is 4.50. The highest BCUT2D eigenvalue weighted by molar-refractivity contribution is 5.62. The van der Waals surface area contributed by atoms with Gasteiger partial charge in [-0.15, -0.1) is 10.2 Å². The van der Waals surface area contributed by atoms with Crippen LogP contribution in [-0.2, 0) is 6.54 Å². The lowest BCUT2D eigenvalue weighted by molar-refractivity contribution is 0.249. The largest absolute Gasteiger partial charge is 0.496 e. The van der Waals surface area contributed by atoms with Gasteiger partial charge in [-0.1, -0.05) is 25.0 Å². The summed E-state index contributed by atoms with van der Waals surface area (Å²) in [7, 11) is 1.65. The zero-order chi connectivity index (χ0) is 14.5. The van der Waals surface area contributed by atoms with Crippen LogP contribution in [0.25, 0.3) is 11.5 Å². The van der Waals surface area contributed by atoms with Gasteiger partial charge in [-0.2, -0.15) is 0 Å². The van der Waals surface area contributed by atoms with Crippen molar-refractivity contribution < 1.29 is 9.15 Å². The van der Waals surface area contributed by atoms with Crippen LogP contribution in [0.5, 0.6) is 5.75 Å². The van der Waals surface area contributed by atoms with E-state index < -0.39 is 0 Å². The maximum Gasteiger partial charge on any atom is 0.251 e. The molecule has 5 heteroatoms. The number of hydrogen-bond acceptors (Lipinski definition) is 5. The molecule has 0 saturated carbocycles. The number of aromatic nitrogens is 2. The van der Waals surface area contributed by atoms with E-state index in [1.807, 2.05) is 24.3 Å². The molecular weight excluding hydrogens is 266 g/mol. The third-order valence-electron chi connectivity index (χ3n) is 3.86. The van der Waals surface area contributed by atoms with Gasteiger partial charge in [-0.05, 0) is 38.1 Å². The second-order valence-corrected chi connectivity index (χ2v) is 5.39. The van der Waals surface area contributed by atoms with Gasteiger partial charge in [0.25, 0.3) is 5.89 Å². The van der Waals surface area contributed by atoms with Crippen LogP contribution in [-0.4, -0.2) is 35.3 Å². The molecule has 1 fully saturated rings. The van der Waals surface area contributed by atoms with Crippen LogP contribution in [0.15, 0.2) is 28.7 Å². The van der Waals surface area contributed by atoms with Crippen LogP contribution in [0, 0.1) is 0 Å². The monoisotopic (exact) mass is 287 g/mol. The maximum atomic E-state index is 5.81. The van der Waals surface area contributed by atoms with Gasteiger partial charge >= 0.3 is 0 Å². The van der Waals surface area contributed by atoms with Crippen LogP contribution in [0.2, 0.25) is 0 Å². The average molecular weight is 287 g/mol. The molecule has 0 amide bonds. The number of methoxy groups -OCH3 is 1. The summed E-state index contributed by atoms with van der Waals surface area (Å²) < 4.78 is 11.1. The van der Waals surface area contributed by atoms with Gasteiger partial charge < -0.3 is 9.15 Å². The molecular formula is C16H21N3O2. The molecule has 0 atom stereocenters. The van der Waals surface area contributed by atoms with E-state index in [0.717, 1.165) is 30.9 Å². The van der Waals surface area contributed by atoms with E-state index in [-0.39, 0.29) is 0 Å². The van der Waals surface area contributed by atoms with Gasteiger partial charge in [0.15, 0.2) is 0 Å². The summed E-state index contributed by atoms with van der Waals surface area (Å²) in [5.74, 6) is 1.96. The molecule has 3 rings (SSSR count). The number of benzene rings is 1. The molecule has 1 aromatic carbocycles. The topological polar surface area (TPSA) is 51.4 Å². The van der Waals surface area contributed by atoms with E-state index in [9.17, 15) is 0 Å². The van der Waals surface area contributed by atoms with E-state index in [4.69, 9.17) is 9.15 Å². The Balaban J connectivity index is 1.73. The highest BCUT2D eigenvalue weighted by Gasteiger charge is 2.16. The summed E-state index contributed by atoms with van der Waals surface area (Å²) in [4.78, 5) is 2.40. The van der Waals surface area contributed by atoms with E-state index in [1.54, 1.807) is 7.11 Å². The molecule has 1 saturated heterocycles. The molecule has 0 unspecified atom stereocenters. The van der Waals surface area contributed by atoms with Gasteiger partial charge in [0.05, 0.1) is 19.2 Å². The zero-order valence-corrected chi connectivity index (χ0v) is 12.4. The molecule has 0 N–H and O–H groups in total. The van der Waals surface area contributed by atoms with Crippen LogP contribution >= 0.6 is 0 Å². The van der Waals surface area contributed by atoms with Crippen molar-refractivity contribution in [2.75, 3.05) is 20.2 Å². The van der Waals surface area contributed by atoms with Crippen molar-refractivity contribution in [3.8, 4) is 17.2 Å². The Hall–Kier alpha value is -1.88. The smallest absolute Gasteiger partial charge is 0.251 e. The second kappa shape index (κ2) is 6.72. The van der Waals surface area contributed by atoms with Gasteiger partial charge in [0.1, 0.15) is 5.75 Å². The number of likely N-dealkylation sites (tertiary alicyclic amines) is 1. The first-order valence-electron chi connectivity index (χ1n) is 7.55. The minimum Gasteiger partial charge on any atom is -0.496 e. The lowest BCUT2D eigenvalue weighted by Gasteiger charge is -2.16. The van der Waals surface area contributed by atoms with Crippen LogP contribution in [0.1, 0.15) is 31.6 Å².